The predicted molar refractivity (Wildman–Crippen MR) is 157 cm³/mol. The second-order valence-electron chi connectivity index (χ2n) is 11.7. The SMILES string of the molecule is CC.CC(C)(C#N)c1ccc(CN2CCC(c3ccc4ncc(C5CCC(=O)NC5=O)cc4c3F)C(C)(O)C2)cc1. The van der Waals surface area contributed by atoms with Crippen LogP contribution in [0.25, 0.3) is 10.9 Å². The van der Waals surface area contributed by atoms with Gasteiger partial charge >= 0.3 is 0 Å². The average Bonchev–Trinajstić information content (AvgIpc) is 2.95. The number of aliphatic hydroxyl groups is 1. The first-order chi connectivity index (χ1) is 19.5. The van der Waals surface area contributed by atoms with Gasteiger partial charge in [-0.1, -0.05) is 44.2 Å². The molecular formula is C33H39FN4O3. The van der Waals surface area contributed by atoms with Crippen molar-refractivity contribution in [3.8, 4) is 6.07 Å². The van der Waals surface area contributed by atoms with Crippen LogP contribution >= 0.6 is 0 Å². The number of hydrogen-bond donors (Lipinski definition) is 2. The molecule has 8 heteroatoms. The molecule has 3 heterocycles. The van der Waals surface area contributed by atoms with Gasteiger partial charge in [0.25, 0.3) is 0 Å². The first-order valence-corrected chi connectivity index (χ1v) is 14.4. The number of fused-ring (bicyclic) bond motifs is 1. The van der Waals surface area contributed by atoms with Crippen molar-refractivity contribution < 1.29 is 19.1 Å². The molecule has 3 unspecified atom stereocenters. The van der Waals surface area contributed by atoms with Crippen LogP contribution in [-0.4, -0.2) is 45.5 Å². The number of nitrogens with zero attached hydrogens (tertiary/aromatic N) is 3. The summed E-state index contributed by atoms with van der Waals surface area (Å²) in [6, 6.07) is 15.4. The van der Waals surface area contributed by atoms with E-state index in [1.165, 1.54) is 0 Å². The predicted octanol–water partition coefficient (Wildman–Crippen LogP) is 5.46. The lowest BCUT2D eigenvalue weighted by molar-refractivity contribution is -0.134. The van der Waals surface area contributed by atoms with Crippen LogP contribution in [0.15, 0.2) is 48.7 Å². The minimum Gasteiger partial charge on any atom is -0.388 e. The molecule has 41 heavy (non-hydrogen) atoms. The van der Waals surface area contributed by atoms with E-state index in [-0.39, 0.29) is 18.2 Å². The van der Waals surface area contributed by atoms with Crippen LogP contribution < -0.4 is 5.32 Å². The Morgan fingerprint density at radius 3 is 2.51 bits per heavy atom. The van der Waals surface area contributed by atoms with Crippen molar-refractivity contribution in [2.45, 2.75) is 83.3 Å². The second-order valence-corrected chi connectivity index (χ2v) is 11.7. The number of amides is 2. The van der Waals surface area contributed by atoms with Gasteiger partial charge in [-0.25, -0.2) is 4.39 Å². The first-order valence-electron chi connectivity index (χ1n) is 14.4. The van der Waals surface area contributed by atoms with Gasteiger partial charge in [-0.3, -0.25) is 24.8 Å². The van der Waals surface area contributed by atoms with Gasteiger partial charge in [0.05, 0.1) is 28.5 Å². The van der Waals surface area contributed by atoms with E-state index in [0.29, 0.717) is 54.5 Å². The number of aromatic nitrogens is 1. The molecule has 0 aliphatic carbocycles. The summed E-state index contributed by atoms with van der Waals surface area (Å²) in [5.41, 5.74) is 1.83. The normalized spacial score (nSPS) is 23.4. The van der Waals surface area contributed by atoms with Gasteiger partial charge in [0.1, 0.15) is 5.82 Å². The van der Waals surface area contributed by atoms with E-state index in [1.807, 2.05) is 52.0 Å². The number of benzene rings is 2. The molecule has 2 N–H and O–H groups in total. The number of pyridine rings is 1. The number of carbonyl (C=O) groups excluding carboxylic acids is 2. The lowest BCUT2D eigenvalue weighted by Crippen LogP contribution is -2.50. The molecule has 1 aromatic heterocycles. The van der Waals surface area contributed by atoms with Crippen molar-refractivity contribution in [1.82, 2.24) is 15.2 Å². The van der Waals surface area contributed by atoms with Gasteiger partial charge in [-0.05, 0) is 74.5 Å². The monoisotopic (exact) mass is 558 g/mol. The summed E-state index contributed by atoms with van der Waals surface area (Å²) in [5.74, 6) is -2.07. The largest absolute Gasteiger partial charge is 0.388 e. The average molecular weight is 559 g/mol. The van der Waals surface area contributed by atoms with E-state index in [4.69, 9.17) is 0 Å². The third-order valence-electron chi connectivity index (χ3n) is 8.26. The Balaban J connectivity index is 0.00000189. The van der Waals surface area contributed by atoms with Gasteiger partial charge < -0.3 is 5.11 Å². The number of hydrogen-bond acceptors (Lipinski definition) is 6. The third kappa shape index (κ3) is 6.32. The Morgan fingerprint density at radius 1 is 1.17 bits per heavy atom. The highest BCUT2D eigenvalue weighted by Crippen LogP contribution is 2.40. The molecule has 0 bridgehead atoms. The number of likely N-dealkylation sites (tertiary alicyclic amines) is 1. The maximum Gasteiger partial charge on any atom is 0.234 e. The molecule has 0 radical (unpaired) electrons. The first kappa shape index (κ1) is 30.3. The Kier molecular flexibility index (Phi) is 8.91. The summed E-state index contributed by atoms with van der Waals surface area (Å²) in [7, 11) is 0. The summed E-state index contributed by atoms with van der Waals surface area (Å²) >= 11 is 0. The zero-order valence-electron chi connectivity index (χ0n) is 24.5. The van der Waals surface area contributed by atoms with E-state index in [9.17, 15) is 20.0 Å². The van der Waals surface area contributed by atoms with Crippen LogP contribution in [0.5, 0.6) is 0 Å². The van der Waals surface area contributed by atoms with Gasteiger partial charge in [0.15, 0.2) is 0 Å². The van der Waals surface area contributed by atoms with Crippen LogP contribution in [0.2, 0.25) is 0 Å². The Morgan fingerprint density at radius 2 is 1.88 bits per heavy atom. The summed E-state index contributed by atoms with van der Waals surface area (Å²) in [6.07, 6.45) is 2.75. The standard InChI is InChI=1S/C31H33FN4O3.C2H6/c1-30(2,17-33)21-6-4-19(5-7-21)16-36-13-12-25(31(3,39)18-36)23-8-10-26-24(28(23)32)14-20(15-34-26)22-9-11-27(37)35-29(22)38;1-2/h4-8,10,14-15,22,25,39H,9,11-13,16,18H2,1-3H3,(H,35,37,38);1-2H3. The van der Waals surface area contributed by atoms with Gasteiger partial charge in [-0.2, -0.15) is 5.26 Å². The number of imide groups is 1. The fourth-order valence-corrected chi connectivity index (χ4v) is 5.91. The summed E-state index contributed by atoms with van der Waals surface area (Å²) < 4.78 is 16.0. The van der Waals surface area contributed by atoms with Crippen molar-refractivity contribution in [2.75, 3.05) is 13.1 Å². The van der Waals surface area contributed by atoms with Crippen molar-refractivity contribution in [1.29, 1.82) is 5.26 Å². The minimum atomic E-state index is -1.16. The number of nitrogens with one attached hydrogen (secondary N) is 1. The van der Waals surface area contributed by atoms with Crippen molar-refractivity contribution in [2.24, 2.45) is 0 Å². The number of halogens is 1. The maximum absolute atomic E-state index is 16.0. The highest BCUT2D eigenvalue weighted by molar-refractivity contribution is 6.01. The third-order valence-corrected chi connectivity index (χ3v) is 8.26. The lowest BCUT2D eigenvalue weighted by Gasteiger charge is -2.43. The van der Waals surface area contributed by atoms with Crippen LogP contribution in [0.4, 0.5) is 4.39 Å². The second kappa shape index (κ2) is 12.1. The number of rotatable bonds is 5. The number of carbonyl (C=O) groups is 2. The molecule has 0 spiro atoms. The molecule has 5 rings (SSSR count). The molecule has 216 valence electrons. The van der Waals surface area contributed by atoms with Gasteiger partial charge in [0.2, 0.25) is 11.8 Å². The zero-order valence-corrected chi connectivity index (χ0v) is 24.5. The van der Waals surface area contributed by atoms with Gasteiger partial charge in [0, 0.05) is 37.0 Å². The molecule has 2 aliphatic rings. The van der Waals surface area contributed by atoms with E-state index < -0.39 is 28.7 Å². The van der Waals surface area contributed by atoms with Crippen LogP contribution in [0.1, 0.15) is 88.0 Å². The lowest BCUT2D eigenvalue weighted by atomic mass is 9.77. The fourth-order valence-electron chi connectivity index (χ4n) is 5.91. The quantitative estimate of drug-likeness (QED) is 0.403. The topological polar surface area (TPSA) is 106 Å². The van der Waals surface area contributed by atoms with Gasteiger partial charge in [-0.15, -0.1) is 0 Å². The Hall–Kier alpha value is -3.67. The molecule has 2 saturated heterocycles. The number of nitriles is 1. The van der Waals surface area contributed by atoms with Crippen LogP contribution in [-0.2, 0) is 21.5 Å². The Labute approximate surface area is 241 Å². The molecule has 7 nitrogen and oxygen atoms in total. The minimum absolute atomic E-state index is 0.237. The van der Waals surface area contributed by atoms with E-state index in [2.05, 4.69) is 21.3 Å². The zero-order chi connectivity index (χ0) is 29.9. The molecule has 3 atom stereocenters. The molecule has 2 aromatic carbocycles. The van der Waals surface area contributed by atoms with E-state index in [0.717, 1.165) is 11.1 Å². The molecule has 2 amide bonds. The Bertz CT molecular complexity index is 1480. The van der Waals surface area contributed by atoms with E-state index >= 15 is 4.39 Å². The smallest absolute Gasteiger partial charge is 0.234 e. The molecular weight excluding hydrogens is 519 g/mol. The highest BCUT2D eigenvalue weighted by atomic mass is 19.1. The molecule has 2 aliphatic heterocycles. The summed E-state index contributed by atoms with van der Waals surface area (Å²) in [5, 5.41) is 23.5. The van der Waals surface area contributed by atoms with Crippen molar-refractivity contribution in [3.63, 3.8) is 0 Å². The van der Waals surface area contributed by atoms with Crippen LogP contribution in [0, 0.1) is 17.1 Å². The highest BCUT2D eigenvalue weighted by Gasteiger charge is 2.40. The van der Waals surface area contributed by atoms with Crippen molar-refractivity contribution >= 4 is 22.7 Å². The number of piperidine rings is 2. The summed E-state index contributed by atoms with van der Waals surface area (Å²) in [6.45, 7) is 11.3. The number of β-amino-alcohol motifs (C(OH)–C–C–N with tert-alkyl or cyclic N) is 1. The summed E-state index contributed by atoms with van der Waals surface area (Å²) in [4.78, 5) is 30.5. The fraction of sp³-hybridized carbons (Fsp3) is 0.455. The van der Waals surface area contributed by atoms with E-state index in [1.54, 1.807) is 31.3 Å². The molecule has 3 aromatic rings. The van der Waals surface area contributed by atoms with Crippen LogP contribution in [0.3, 0.4) is 0 Å². The van der Waals surface area contributed by atoms with Crippen molar-refractivity contribution in [3.05, 3.63) is 76.7 Å². The molecule has 0 saturated carbocycles. The molecule has 2 fully saturated rings. The maximum atomic E-state index is 16.0.